The number of hydrogen-bond acceptors (Lipinski definition) is 9. The lowest BCUT2D eigenvalue weighted by molar-refractivity contribution is -0.384. The molecule has 0 unspecified atom stereocenters. The van der Waals surface area contributed by atoms with Crippen LogP contribution < -0.4 is 5.32 Å². The number of nitrogens with zero attached hydrogens (tertiary/aromatic N) is 3. The number of aromatic nitrogens is 1. The first-order valence-corrected chi connectivity index (χ1v) is 12.8. The van der Waals surface area contributed by atoms with Crippen molar-refractivity contribution in [2.75, 3.05) is 11.9 Å². The summed E-state index contributed by atoms with van der Waals surface area (Å²) in [6.45, 7) is -0.0464. The number of benzene rings is 1. The van der Waals surface area contributed by atoms with Crippen molar-refractivity contribution in [3.8, 4) is 0 Å². The molecule has 0 spiro atoms. The molecule has 4 atom stereocenters. The highest BCUT2D eigenvalue weighted by atomic mass is 32.2. The van der Waals surface area contributed by atoms with Crippen LogP contribution in [0.1, 0.15) is 12.8 Å². The van der Waals surface area contributed by atoms with Crippen LogP contribution in [0.25, 0.3) is 0 Å². The van der Waals surface area contributed by atoms with Crippen molar-refractivity contribution in [1.29, 1.82) is 0 Å². The van der Waals surface area contributed by atoms with E-state index in [2.05, 4.69) is 10.3 Å². The van der Waals surface area contributed by atoms with Gasteiger partial charge in [-0.25, -0.2) is 13.4 Å². The van der Waals surface area contributed by atoms with Crippen LogP contribution in [0.5, 0.6) is 0 Å². The number of sulfone groups is 1. The van der Waals surface area contributed by atoms with Crippen LogP contribution in [-0.2, 0) is 24.2 Å². The van der Waals surface area contributed by atoms with Crippen LogP contribution in [-0.4, -0.2) is 47.5 Å². The Balaban J connectivity index is 1.20. The van der Waals surface area contributed by atoms with E-state index in [1.54, 1.807) is 0 Å². The Hall–Kier alpha value is -3.45. The molecule has 0 radical (unpaired) electrons. The molecule has 2 aromatic rings. The number of likely N-dealkylation sites (tertiary alicyclic amines) is 1. The molecular formula is C21H18N4O7S2. The molecule has 1 N–H and O–H groups in total. The van der Waals surface area contributed by atoms with Crippen molar-refractivity contribution in [1.82, 2.24) is 9.88 Å². The second kappa shape index (κ2) is 8.09. The van der Waals surface area contributed by atoms with Crippen LogP contribution in [0.4, 0.5) is 10.8 Å². The standard InChI is InChI=1S/C21H18N4O7S2/c26-15(7-8-24-19(27)17-11-1-2-12(9-11)18(17)20(24)28)23-21-22-10-16(33-21)34(31,32)14-5-3-13(4-6-14)25(29)30/h1-6,10-12,17-18H,7-9H2,(H,22,23,26)/t11-,12-,17-,18+/m0/s1. The fraction of sp³-hybridized carbons (Fsp3) is 0.333. The highest BCUT2D eigenvalue weighted by Gasteiger charge is 2.59. The molecule has 176 valence electrons. The van der Waals surface area contributed by atoms with E-state index in [-0.39, 0.29) is 68.4 Å². The first-order chi connectivity index (χ1) is 16.2. The normalized spacial score (nSPS) is 25.1. The lowest BCUT2D eigenvalue weighted by atomic mass is 9.85. The molecule has 1 saturated carbocycles. The predicted octanol–water partition coefficient (Wildman–Crippen LogP) is 2.02. The average Bonchev–Trinajstić information content (AvgIpc) is 3.58. The highest BCUT2D eigenvalue weighted by molar-refractivity contribution is 7.93. The average molecular weight is 503 g/mol. The number of non-ortho nitro benzene ring substituents is 1. The van der Waals surface area contributed by atoms with Crippen molar-refractivity contribution in [2.24, 2.45) is 23.7 Å². The zero-order chi connectivity index (χ0) is 24.2. The molecule has 1 aromatic heterocycles. The zero-order valence-corrected chi connectivity index (χ0v) is 19.1. The Morgan fingerprint density at radius 2 is 1.76 bits per heavy atom. The lowest BCUT2D eigenvalue weighted by Crippen LogP contribution is -2.35. The first-order valence-electron chi connectivity index (χ1n) is 10.5. The third-order valence-corrected chi connectivity index (χ3v) is 9.62. The molecule has 1 aromatic carbocycles. The molecule has 2 heterocycles. The monoisotopic (exact) mass is 502 g/mol. The Labute approximate surface area is 197 Å². The predicted molar refractivity (Wildman–Crippen MR) is 118 cm³/mol. The number of amides is 3. The molecule has 5 rings (SSSR count). The summed E-state index contributed by atoms with van der Waals surface area (Å²) in [7, 11) is -3.97. The minimum atomic E-state index is -3.97. The van der Waals surface area contributed by atoms with E-state index >= 15 is 0 Å². The minimum absolute atomic E-state index is 0.0451. The SMILES string of the molecule is O=C(CCN1C(=O)[C@@H]2[C@H](C1=O)[C@H]1C=C[C@H]2C1)Nc1ncc(S(=O)(=O)c2ccc([N+](=O)[O-])cc2)s1. The number of nitro benzene ring substituents is 1. The molecule has 34 heavy (non-hydrogen) atoms. The fourth-order valence-corrected chi connectivity index (χ4v) is 7.33. The van der Waals surface area contributed by atoms with Crippen LogP contribution in [0.15, 0.2) is 51.7 Å². The van der Waals surface area contributed by atoms with Gasteiger partial charge >= 0.3 is 0 Å². The maximum absolute atomic E-state index is 12.7. The van der Waals surface area contributed by atoms with Crippen molar-refractivity contribution in [3.63, 3.8) is 0 Å². The van der Waals surface area contributed by atoms with Gasteiger partial charge in [-0.05, 0) is 30.4 Å². The molecule has 2 aliphatic carbocycles. The number of carbonyl (C=O) groups is 3. The number of imide groups is 1. The Morgan fingerprint density at radius 3 is 2.35 bits per heavy atom. The molecule has 2 fully saturated rings. The van der Waals surface area contributed by atoms with Crippen molar-refractivity contribution < 1.29 is 27.7 Å². The number of nitro groups is 1. The molecule has 3 amide bonds. The van der Waals surface area contributed by atoms with E-state index < -0.39 is 20.7 Å². The van der Waals surface area contributed by atoms with Gasteiger partial charge in [0.15, 0.2) is 5.13 Å². The number of nitrogens with one attached hydrogen (secondary N) is 1. The fourth-order valence-electron chi connectivity index (χ4n) is 4.88. The van der Waals surface area contributed by atoms with E-state index in [1.807, 2.05) is 12.2 Å². The van der Waals surface area contributed by atoms with Gasteiger partial charge in [0.05, 0.1) is 27.9 Å². The van der Waals surface area contributed by atoms with Gasteiger partial charge < -0.3 is 5.32 Å². The summed E-state index contributed by atoms with van der Waals surface area (Å²) in [5.41, 5.74) is -0.237. The summed E-state index contributed by atoms with van der Waals surface area (Å²) in [4.78, 5) is 52.8. The maximum Gasteiger partial charge on any atom is 0.269 e. The van der Waals surface area contributed by atoms with Gasteiger partial charge in [-0.15, -0.1) is 0 Å². The van der Waals surface area contributed by atoms with Gasteiger partial charge in [-0.2, -0.15) is 0 Å². The van der Waals surface area contributed by atoms with Gasteiger partial charge in [-0.3, -0.25) is 29.4 Å². The van der Waals surface area contributed by atoms with E-state index in [9.17, 15) is 32.9 Å². The first kappa shape index (κ1) is 22.3. The second-order valence-electron chi connectivity index (χ2n) is 8.37. The van der Waals surface area contributed by atoms with E-state index in [0.29, 0.717) is 0 Å². The van der Waals surface area contributed by atoms with Crippen LogP contribution >= 0.6 is 11.3 Å². The van der Waals surface area contributed by atoms with E-state index in [0.717, 1.165) is 53.1 Å². The number of anilines is 1. The summed E-state index contributed by atoms with van der Waals surface area (Å²) in [5.74, 6) is -1.43. The Morgan fingerprint density at radius 1 is 1.15 bits per heavy atom. The van der Waals surface area contributed by atoms with Gasteiger partial charge in [0.25, 0.3) is 5.69 Å². The van der Waals surface area contributed by atoms with Crippen LogP contribution in [0.2, 0.25) is 0 Å². The van der Waals surface area contributed by atoms with Crippen LogP contribution in [0.3, 0.4) is 0 Å². The molecule has 13 heteroatoms. The molecule has 3 aliphatic rings. The number of hydrogen-bond donors (Lipinski definition) is 1. The molecule has 1 aliphatic heterocycles. The van der Waals surface area contributed by atoms with Gasteiger partial charge in [0, 0.05) is 25.1 Å². The number of allylic oxidation sites excluding steroid dienone is 2. The van der Waals surface area contributed by atoms with Gasteiger partial charge in [0.2, 0.25) is 27.6 Å². The third-order valence-electron chi connectivity index (χ3n) is 6.48. The number of thiazole rings is 1. The number of rotatable bonds is 7. The molecule has 2 bridgehead atoms. The number of carbonyl (C=O) groups excluding carboxylic acids is 3. The Bertz CT molecular complexity index is 1320. The largest absolute Gasteiger partial charge is 0.302 e. The minimum Gasteiger partial charge on any atom is -0.302 e. The van der Waals surface area contributed by atoms with E-state index in [1.165, 1.54) is 0 Å². The molecule has 11 nitrogen and oxygen atoms in total. The second-order valence-corrected chi connectivity index (χ2v) is 11.6. The summed E-state index contributed by atoms with van der Waals surface area (Å²) in [5, 5.41) is 13.3. The smallest absolute Gasteiger partial charge is 0.269 e. The summed E-state index contributed by atoms with van der Waals surface area (Å²) < 4.78 is 25.3. The van der Waals surface area contributed by atoms with Crippen molar-refractivity contribution in [2.45, 2.75) is 21.9 Å². The lowest BCUT2D eigenvalue weighted by Gasteiger charge is -2.16. The topological polar surface area (TPSA) is 157 Å². The maximum atomic E-state index is 12.7. The summed E-state index contributed by atoms with van der Waals surface area (Å²) >= 11 is 0.734. The molecule has 1 saturated heterocycles. The summed E-state index contributed by atoms with van der Waals surface area (Å²) in [6.07, 6.45) is 5.78. The number of fused-ring (bicyclic) bond motifs is 5. The zero-order valence-electron chi connectivity index (χ0n) is 17.5. The van der Waals surface area contributed by atoms with Gasteiger partial charge in [0.1, 0.15) is 4.21 Å². The summed E-state index contributed by atoms with van der Waals surface area (Å²) in [6, 6.07) is 4.44. The highest BCUT2D eigenvalue weighted by Crippen LogP contribution is 2.52. The quantitative estimate of drug-likeness (QED) is 0.261. The van der Waals surface area contributed by atoms with Crippen molar-refractivity contribution in [3.05, 3.63) is 52.7 Å². The third kappa shape index (κ3) is 3.60. The van der Waals surface area contributed by atoms with Crippen LogP contribution in [0, 0.1) is 33.8 Å². The van der Waals surface area contributed by atoms with Crippen molar-refractivity contribution >= 4 is 49.7 Å². The Kier molecular flexibility index (Phi) is 5.32. The van der Waals surface area contributed by atoms with E-state index in [4.69, 9.17) is 0 Å². The van der Waals surface area contributed by atoms with Gasteiger partial charge in [-0.1, -0.05) is 23.5 Å². The molecular weight excluding hydrogens is 484 g/mol.